The Morgan fingerprint density at radius 3 is 3.00 bits per heavy atom. The van der Waals surface area contributed by atoms with Crippen molar-refractivity contribution in [3.8, 4) is 0 Å². The maximum absolute atomic E-state index is 10.5. The van der Waals surface area contributed by atoms with Crippen molar-refractivity contribution in [3.63, 3.8) is 0 Å². The molecule has 5 nitrogen and oxygen atoms in total. The minimum absolute atomic E-state index is 0.196. The van der Waals surface area contributed by atoms with Gasteiger partial charge in [0.15, 0.2) is 0 Å². The Morgan fingerprint density at radius 1 is 1.69 bits per heavy atom. The molecule has 1 heterocycles. The molecule has 0 amide bonds. The van der Waals surface area contributed by atoms with Crippen molar-refractivity contribution in [3.05, 3.63) is 27.1 Å². The van der Waals surface area contributed by atoms with Crippen LogP contribution in [-0.4, -0.2) is 24.7 Å². The molecule has 0 fully saturated rings. The smallest absolute Gasteiger partial charge is 0.324 e. The average molecular weight is 244 g/mol. The number of rotatable bonds is 7. The normalized spacial score (nSPS) is 12.6. The maximum atomic E-state index is 10.5. The first-order valence-electron chi connectivity index (χ1n) is 5.07. The third kappa shape index (κ3) is 4.26. The van der Waals surface area contributed by atoms with E-state index in [-0.39, 0.29) is 9.92 Å². The van der Waals surface area contributed by atoms with Gasteiger partial charge in [-0.3, -0.25) is 10.1 Å². The van der Waals surface area contributed by atoms with Gasteiger partial charge in [-0.1, -0.05) is 11.3 Å². The van der Waals surface area contributed by atoms with Gasteiger partial charge in [0.25, 0.3) is 0 Å². The van der Waals surface area contributed by atoms with Crippen LogP contribution in [0.2, 0.25) is 0 Å². The Morgan fingerprint density at radius 2 is 2.44 bits per heavy atom. The zero-order valence-corrected chi connectivity index (χ0v) is 10.3. The first-order valence-corrected chi connectivity index (χ1v) is 5.95. The molecule has 0 aliphatic rings. The van der Waals surface area contributed by atoms with Gasteiger partial charge in [0, 0.05) is 37.7 Å². The lowest BCUT2D eigenvalue weighted by Crippen LogP contribution is -2.26. The summed E-state index contributed by atoms with van der Waals surface area (Å²) in [5, 5.41) is 15.8. The zero-order chi connectivity index (χ0) is 12.0. The van der Waals surface area contributed by atoms with Crippen LogP contribution in [-0.2, 0) is 11.3 Å². The van der Waals surface area contributed by atoms with E-state index in [1.54, 1.807) is 13.2 Å². The van der Waals surface area contributed by atoms with Crippen LogP contribution in [0.5, 0.6) is 0 Å². The standard InChI is InChI=1S/C10H16N2O3S/c1-8(3-4-15-2)11-6-9-5-10(12(13)14)16-7-9/h5,7-8,11H,3-4,6H2,1-2H3. The van der Waals surface area contributed by atoms with Crippen molar-refractivity contribution in [2.75, 3.05) is 13.7 Å². The number of nitro groups is 1. The van der Waals surface area contributed by atoms with Crippen molar-refractivity contribution >= 4 is 16.3 Å². The number of methoxy groups -OCH3 is 1. The number of thiophene rings is 1. The van der Waals surface area contributed by atoms with Crippen LogP contribution in [0.3, 0.4) is 0 Å². The third-order valence-electron chi connectivity index (χ3n) is 2.23. The molecule has 0 saturated carbocycles. The molecule has 0 radical (unpaired) electrons. The van der Waals surface area contributed by atoms with Crippen molar-refractivity contribution in [2.24, 2.45) is 0 Å². The summed E-state index contributed by atoms with van der Waals surface area (Å²) >= 11 is 1.16. The fourth-order valence-electron chi connectivity index (χ4n) is 1.24. The summed E-state index contributed by atoms with van der Waals surface area (Å²) in [5.41, 5.74) is 0.959. The van der Waals surface area contributed by atoms with Crippen molar-refractivity contribution < 1.29 is 9.66 Å². The predicted octanol–water partition coefficient (Wildman–Crippen LogP) is 2.17. The van der Waals surface area contributed by atoms with Gasteiger partial charge in [0.05, 0.1) is 4.92 Å². The van der Waals surface area contributed by atoms with E-state index in [1.807, 2.05) is 5.38 Å². The van der Waals surface area contributed by atoms with Gasteiger partial charge in [-0.15, -0.1) is 0 Å². The molecule has 1 atom stereocenters. The topological polar surface area (TPSA) is 64.4 Å². The summed E-state index contributed by atoms with van der Waals surface area (Å²) < 4.78 is 4.97. The Bertz CT molecular complexity index is 341. The molecule has 0 aliphatic heterocycles. The molecule has 0 bridgehead atoms. The Hall–Kier alpha value is -0.980. The van der Waals surface area contributed by atoms with E-state index in [9.17, 15) is 10.1 Å². The number of nitrogens with zero attached hydrogens (tertiary/aromatic N) is 1. The van der Waals surface area contributed by atoms with E-state index >= 15 is 0 Å². The molecule has 0 aromatic carbocycles. The molecular weight excluding hydrogens is 228 g/mol. The summed E-state index contributed by atoms with van der Waals surface area (Å²) in [7, 11) is 1.68. The van der Waals surface area contributed by atoms with Gasteiger partial charge in [0.1, 0.15) is 0 Å². The molecule has 1 N–H and O–H groups in total. The summed E-state index contributed by atoms with van der Waals surface area (Å²) in [6.45, 7) is 3.45. The SMILES string of the molecule is COCCC(C)NCc1csc([N+](=O)[O-])c1. The molecule has 1 unspecified atom stereocenters. The summed E-state index contributed by atoms with van der Waals surface area (Å²) in [4.78, 5) is 10.1. The monoisotopic (exact) mass is 244 g/mol. The largest absolute Gasteiger partial charge is 0.385 e. The van der Waals surface area contributed by atoms with Crippen LogP contribution in [0, 0.1) is 10.1 Å². The third-order valence-corrected chi connectivity index (χ3v) is 3.16. The van der Waals surface area contributed by atoms with E-state index < -0.39 is 0 Å². The number of hydrogen-bond donors (Lipinski definition) is 1. The molecule has 0 aliphatic carbocycles. The van der Waals surface area contributed by atoms with Gasteiger partial charge in [-0.25, -0.2) is 0 Å². The van der Waals surface area contributed by atoms with Crippen LogP contribution in [0.1, 0.15) is 18.9 Å². The van der Waals surface area contributed by atoms with Crippen LogP contribution in [0.15, 0.2) is 11.4 Å². The van der Waals surface area contributed by atoms with Crippen LogP contribution in [0.25, 0.3) is 0 Å². The van der Waals surface area contributed by atoms with Gasteiger partial charge in [-0.2, -0.15) is 0 Å². The van der Waals surface area contributed by atoms with E-state index in [2.05, 4.69) is 12.2 Å². The second kappa shape index (κ2) is 6.57. The molecule has 0 spiro atoms. The Labute approximate surface area is 98.6 Å². The first kappa shape index (κ1) is 13.1. The maximum Gasteiger partial charge on any atom is 0.324 e. The number of nitrogens with one attached hydrogen (secondary N) is 1. The highest BCUT2D eigenvalue weighted by Crippen LogP contribution is 2.22. The minimum atomic E-state index is -0.359. The van der Waals surface area contributed by atoms with E-state index in [0.717, 1.165) is 29.9 Å². The first-order chi connectivity index (χ1) is 7.63. The predicted molar refractivity (Wildman–Crippen MR) is 63.8 cm³/mol. The molecular formula is C10H16N2O3S. The molecule has 1 aromatic heterocycles. The summed E-state index contributed by atoms with van der Waals surface area (Å²) in [5.74, 6) is 0. The Balaban J connectivity index is 2.33. The molecule has 0 saturated heterocycles. The Kier molecular flexibility index (Phi) is 5.37. The number of ether oxygens (including phenoxy) is 1. The van der Waals surface area contributed by atoms with E-state index in [1.165, 1.54) is 0 Å². The quantitative estimate of drug-likeness (QED) is 0.589. The van der Waals surface area contributed by atoms with Crippen LogP contribution >= 0.6 is 11.3 Å². The fourth-order valence-corrected chi connectivity index (χ4v) is 1.97. The van der Waals surface area contributed by atoms with Crippen molar-refractivity contribution in [1.82, 2.24) is 5.32 Å². The van der Waals surface area contributed by atoms with Gasteiger partial charge in [-0.05, 0) is 18.9 Å². The second-order valence-corrected chi connectivity index (χ2v) is 4.50. The molecule has 1 rings (SSSR count). The minimum Gasteiger partial charge on any atom is -0.385 e. The lowest BCUT2D eigenvalue weighted by Gasteiger charge is -2.11. The highest BCUT2D eigenvalue weighted by molar-refractivity contribution is 7.13. The van der Waals surface area contributed by atoms with Gasteiger partial charge < -0.3 is 10.1 Å². The van der Waals surface area contributed by atoms with E-state index in [0.29, 0.717) is 12.6 Å². The number of hydrogen-bond acceptors (Lipinski definition) is 5. The fraction of sp³-hybridized carbons (Fsp3) is 0.600. The lowest BCUT2D eigenvalue weighted by molar-refractivity contribution is -0.380. The molecule has 16 heavy (non-hydrogen) atoms. The molecule has 90 valence electrons. The van der Waals surface area contributed by atoms with Crippen molar-refractivity contribution in [2.45, 2.75) is 25.9 Å². The lowest BCUT2D eigenvalue weighted by atomic mass is 10.2. The van der Waals surface area contributed by atoms with Crippen LogP contribution in [0.4, 0.5) is 5.00 Å². The summed E-state index contributed by atoms with van der Waals surface area (Å²) in [6.07, 6.45) is 0.933. The summed E-state index contributed by atoms with van der Waals surface area (Å²) in [6, 6.07) is 1.96. The van der Waals surface area contributed by atoms with Gasteiger partial charge >= 0.3 is 5.00 Å². The molecule has 6 heteroatoms. The van der Waals surface area contributed by atoms with Crippen LogP contribution < -0.4 is 5.32 Å². The highest BCUT2D eigenvalue weighted by atomic mass is 32.1. The second-order valence-electron chi connectivity index (χ2n) is 3.61. The zero-order valence-electron chi connectivity index (χ0n) is 9.43. The highest BCUT2D eigenvalue weighted by Gasteiger charge is 2.09. The van der Waals surface area contributed by atoms with Gasteiger partial charge in [0.2, 0.25) is 0 Å². The van der Waals surface area contributed by atoms with E-state index in [4.69, 9.17) is 4.74 Å². The average Bonchev–Trinajstić information content (AvgIpc) is 2.72. The molecule has 1 aromatic rings. The van der Waals surface area contributed by atoms with Crippen molar-refractivity contribution in [1.29, 1.82) is 0 Å².